The van der Waals surface area contributed by atoms with E-state index >= 15 is 0 Å². The second-order valence-electron chi connectivity index (χ2n) is 5.48. The summed E-state index contributed by atoms with van der Waals surface area (Å²) in [5.41, 5.74) is 2.39. The van der Waals surface area contributed by atoms with Crippen molar-refractivity contribution in [3.63, 3.8) is 0 Å². The molecule has 0 spiro atoms. The molecule has 2 aromatic rings. The van der Waals surface area contributed by atoms with Crippen molar-refractivity contribution in [1.29, 1.82) is 0 Å². The molecule has 1 aromatic carbocycles. The first-order valence-electron chi connectivity index (χ1n) is 7.00. The van der Waals surface area contributed by atoms with Crippen LogP contribution in [-0.2, 0) is 6.54 Å². The smallest absolute Gasteiger partial charge is 0.132 e. The highest BCUT2D eigenvalue weighted by molar-refractivity contribution is 5.42. The van der Waals surface area contributed by atoms with Gasteiger partial charge in [-0.25, -0.2) is 9.97 Å². The van der Waals surface area contributed by atoms with Gasteiger partial charge in [0, 0.05) is 37.4 Å². The molecule has 0 amide bonds. The lowest BCUT2D eigenvalue weighted by molar-refractivity contribution is 0.197. The third-order valence-corrected chi connectivity index (χ3v) is 3.87. The Kier molecular flexibility index (Phi) is 3.65. The Hall–Kier alpha value is -1.94. The van der Waals surface area contributed by atoms with Gasteiger partial charge in [0.15, 0.2) is 0 Å². The van der Waals surface area contributed by atoms with E-state index in [0.717, 1.165) is 31.1 Å². The molecule has 0 N–H and O–H groups in total. The van der Waals surface area contributed by atoms with Crippen LogP contribution < -0.4 is 4.90 Å². The summed E-state index contributed by atoms with van der Waals surface area (Å²) in [7, 11) is 2.19. The molecule has 0 bridgehead atoms. The summed E-state index contributed by atoms with van der Waals surface area (Å²) in [6.07, 6.45) is 1.64. The third kappa shape index (κ3) is 2.80. The SMILES string of the molecule is Cc1cc(N2CC(N(C)Cc3ccccc3)C2)ncn1. The van der Waals surface area contributed by atoms with Crippen LogP contribution in [0.3, 0.4) is 0 Å². The minimum atomic E-state index is 0.602. The number of hydrogen-bond acceptors (Lipinski definition) is 4. The largest absolute Gasteiger partial charge is 0.353 e. The van der Waals surface area contributed by atoms with Crippen LogP contribution >= 0.6 is 0 Å². The number of nitrogens with zero attached hydrogens (tertiary/aromatic N) is 4. The van der Waals surface area contributed by atoms with E-state index in [-0.39, 0.29) is 0 Å². The van der Waals surface area contributed by atoms with Gasteiger partial charge in [-0.05, 0) is 19.5 Å². The Labute approximate surface area is 120 Å². The number of aromatic nitrogens is 2. The first-order valence-corrected chi connectivity index (χ1v) is 7.00. The Balaban J connectivity index is 1.55. The zero-order chi connectivity index (χ0) is 13.9. The quantitative estimate of drug-likeness (QED) is 0.850. The van der Waals surface area contributed by atoms with Crippen LogP contribution in [0.25, 0.3) is 0 Å². The normalized spacial score (nSPS) is 15.4. The maximum Gasteiger partial charge on any atom is 0.132 e. The molecule has 1 aliphatic heterocycles. The van der Waals surface area contributed by atoms with Gasteiger partial charge in [0.05, 0.1) is 0 Å². The van der Waals surface area contributed by atoms with Gasteiger partial charge in [-0.3, -0.25) is 4.90 Å². The summed E-state index contributed by atoms with van der Waals surface area (Å²) < 4.78 is 0. The van der Waals surface area contributed by atoms with Crippen molar-refractivity contribution in [1.82, 2.24) is 14.9 Å². The lowest BCUT2D eigenvalue weighted by Gasteiger charge is -2.44. The molecule has 0 unspecified atom stereocenters. The summed E-state index contributed by atoms with van der Waals surface area (Å²) in [4.78, 5) is 13.2. The van der Waals surface area contributed by atoms with Crippen molar-refractivity contribution in [2.45, 2.75) is 19.5 Å². The van der Waals surface area contributed by atoms with Crippen LogP contribution in [0.5, 0.6) is 0 Å². The molecule has 1 aliphatic rings. The maximum absolute atomic E-state index is 4.34. The van der Waals surface area contributed by atoms with E-state index in [4.69, 9.17) is 0 Å². The van der Waals surface area contributed by atoms with Crippen LogP contribution in [0, 0.1) is 6.92 Å². The fourth-order valence-corrected chi connectivity index (χ4v) is 2.54. The summed E-state index contributed by atoms with van der Waals surface area (Å²) in [5, 5.41) is 0. The van der Waals surface area contributed by atoms with Crippen LogP contribution in [0.2, 0.25) is 0 Å². The van der Waals surface area contributed by atoms with Crippen molar-refractivity contribution < 1.29 is 0 Å². The zero-order valence-corrected chi connectivity index (χ0v) is 12.0. The highest BCUT2D eigenvalue weighted by Crippen LogP contribution is 2.22. The van der Waals surface area contributed by atoms with Gasteiger partial charge < -0.3 is 4.90 Å². The summed E-state index contributed by atoms with van der Waals surface area (Å²) in [6.45, 7) is 5.09. The van der Waals surface area contributed by atoms with E-state index in [1.54, 1.807) is 6.33 Å². The topological polar surface area (TPSA) is 32.3 Å². The van der Waals surface area contributed by atoms with Gasteiger partial charge in [0.1, 0.15) is 12.1 Å². The number of aryl methyl sites for hydroxylation is 1. The van der Waals surface area contributed by atoms with Crippen LogP contribution in [0.15, 0.2) is 42.7 Å². The molecule has 4 heteroatoms. The molecule has 0 radical (unpaired) electrons. The van der Waals surface area contributed by atoms with Crippen LogP contribution in [-0.4, -0.2) is 41.0 Å². The third-order valence-electron chi connectivity index (χ3n) is 3.87. The minimum Gasteiger partial charge on any atom is -0.353 e. The average Bonchev–Trinajstić information content (AvgIpc) is 2.38. The van der Waals surface area contributed by atoms with Crippen molar-refractivity contribution in [3.8, 4) is 0 Å². The molecular formula is C16H20N4. The number of anilines is 1. The van der Waals surface area contributed by atoms with E-state index in [9.17, 15) is 0 Å². The average molecular weight is 268 g/mol. The van der Waals surface area contributed by atoms with Crippen molar-refractivity contribution in [3.05, 3.63) is 54.0 Å². The van der Waals surface area contributed by atoms with E-state index in [1.807, 2.05) is 13.0 Å². The lowest BCUT2D eigenvalue weighted by atomic mass is 10.1. The first kappa shape index (κ1) is 13.1. The fourth-order valence-electron chi connectivity index (χ4n) is 2.54. The van der Waals surface area contributed by atoms with E-state index < -0.39 is 0 Å². The molecule has 1 fully saturated rings. The van der Waals surface area contributed by atoms with Gasteiger partial charge in [-0.15, -0.1) is 0 Å². The Morgan fingerprint density at radius 3 is 2.65 bits per heavy atom. The van der Waals surface area contributed by atoms with Gasteiger partial charge >= 0.3 is 0 Å². The Morgan fingerprint density at radius 1 is 1.20 bits per heavy atom. The van der Waals surface area contributed by atoms with Crippen LogP contribution in [0.1, 0.15) is 11.3 Å². The van der Waals surface area contributed by atoms with Crippen LogP contribution in [0.4, 0.5) is 5.82 Å². The minimum absolute atomic E-state index is 0.602. The summed E-state index contributed by atoms with van der Waals surface area (Å²) in [5.74, 6) is 1.04. The van der Waals surface area contributed by atoms with Gasteiger partial charge in [0.25, 0.3) is 0 Å². The standard InChI is InChI=1S/C16H20N4/c1-13-8-16(18-12-17-13)20-10-15(11-20)19(2)9-14-6-4-3-5-7-14/h3-8,12,15H,9-11H2,1-2H3. The molecule has 2 heterocycles. The lowest BCUT2D eigenvalue weighted by Crippen LogP contribution is -2.58. The molecule has 0 aliphatic carbocycles. The molecule has 20 heavy (non-hydrogen) atoms. The molecule has 104 valence electrons. The van der Waals surface area contributed by atoms with Crippen molar-refractivity contribution in [2.24, 2.45) is 0 Å². The molecule has 4 nitrogen and oxygen atoms in total. The molecule has 3 rings (SSSR count). The number of likely N-dealkylation sites (N-methyl/N-ethyl adjacent to an activating group) is 1. The highest BCUT2D eigenvalue weighted by Gasteiger charge is 2.30. The zero-order valence-electron chi connectivity index (χ0n) is 12.0. The second-order valence-corrected chi connectivity index (χ2v) is 5.48. The van der Waals surface area contributed by atoms with Gasteiger partial charge in [-0.1, -0.05) is 30.3 Å². The maximum atomic E-state index is 4.34. The van der Waals surface area contributed by atoms with Crippen molar-refractivity contribution >= 4 is 5.82 Å². The Bertz CT molecular complexity index is 564. The Morgan fingerprint density at radius 2 is 1.95 bits per heavy atom. The predicted molar refractivity (Wildman–Crippen MR) is 80.7 cm³/mol. The molecular weight excluding hydrogens is 248 g/mol. The molecule has 0 saturated carbocycles. The molecule has 1 aromatic heterocycles. The van der Waals surface area contributed by atoms with Gasteiger partial charge in [0.2, 0.25) is 0 Å². The predicted octanol–water partition coefficient (Wildman–Crippen LogP) is 2.11. The number of benzene rings is 1. The van der Waals surface area contributed by atoms with Gasteiger partial charge in [-0.2, -0.15) is 0 Å². The summed E-state index contributed by atoms with van der Waals surface area (Å²) in [6, 6.07) is 13.3. The molecule has 1 saturated heterocycles. The summed E-state index contributed by atoms with van der Waals surface area (Å²) >= 11 is 0. The first-order chi connectivity index (χ1) is 9.72. The highest BCUT2D eigenvalue weighted by atomic mass is 15.3. The number of rotatable bonds is 4. The second kappa shape index (κ2) is 5.59. The van der Waals surface area contributed by atoms with Crippen molar-refractivity contribution in [2.75, 3.05) is 25.0 Å². The monoisotopic (exact) mass is 268 g/mol. The fraction of sp³-hybridized carbons (Fsp3) is 0.375. The van der Waals surface area contributed by atoms with E-state index in [0.29, 0.717) is 6.04 Å². The number of hydrogen-bond donors (Lipinski definition) is 0. The molecule has 0 atom stereocenters. The van der Waals surface area contributed by atoms with E-state index in [2.05, 4.69) is 57.1 Å². The van der Waals surface area contributed by atoms with E-state index in [1.165, 1.54) is 5.56 Å².